The molecule has 76 heavy (non-hydrogen) atoms. The van der Waals surface area contributed by atoms with Crippen LogP contribution >= 0.6 is 0 Å². The number of hydrogen-bond acceptors (Lipinski definition) is 14. The molecule has 1 radical (unpaired) electrons. The molecule has 0 aromatic heterocycles. The van der Waals surface area contributed by atoms with Gasteiger partial charge in [-0.25, -0.2) is 14.4 Å². The number of carbonyl (C=O) groups excluding carboxylic acids is 5. The van der Waals surface area contributed by atoms with Crippen molar-refractivity contribution in [2.24, 2.45) is 16.7 Å². The molecule has 11 atom stereocenters. The molecule has 2 saturated carbocycles. The van der Waals surface area contributed by atoms with Gasteiger partial charge in [0.2, 0.25) is 6.10 Å². The van der Waals surface area contributed by atoms with E-state index in [1.165, 1.54) is 26.0 Å². The van der Waals surface area contributed by atoms with Gasteiger partial charge in [0, 0.05) is 74.7 Å². The first kappa shape index (κ1) is 62.3. The SMILES string of the molecule is CC/C=C\C/C=C\C/C=C\C/C=C\C/C=C\CCC(=O)OC(C(=O)OC1CC2(O)C(OC(=O)c3ccccc3)C3C4(O)COC4CC(O)C3(C)C(=O)C(O)C(=C1C)C2(C)C)C(NC(=O)OC(C)(C)C)c1ccccc1.[Ac]. The fourth-order valence-electron chi connectivity index (χ4n) is 11.0. The molecular weight excluding hydrogens is 1190 g/mol. The fraction of sp³-hybridized carbons (Fsp3) is 0.517. The maximum atomic E-state index is 15.1. The Labute approximate surface area is 483 Å². The Kier molecular flexibility index (Phi) is 22.0. The minimum Gasteiger partial charge on any atom is -0.455 e. The van der Waals surface area contributed by atoms with Gasteiger partial charge in [0.25, 0.3) is 0 Å². The summed E-state index contributed by atoms with van der Waals surface area (Å²) in [4.78, 5) is 71.7. The van der Waals surface area contributed by atoms with E-state index in [0.717, 1.165) is 25.7 Å². The standard InChI is InChI=1S/C60H77NO14.Ac/c1-9-10-11-12-13-14-15-16-17-18-19-20-21-22-23-30-35-45(63)73-49(47(40-31-26-24-27-32-40)61-55(68)75-56(3,4)5)54(67)72-42-37-60(70)52(74-53(66)41-33-28-25-29-34-41)50-58(8,43(62)36-44-59(50,69)38-71-44)51(65)48(64)46(39(42)2)57(60,6)7;/h10-11,13-14,16-17,19-20,22-29,31-34,42-44,47-50,52,62,64,69-70H,9,12,15,18,21,30,35-38H2,1-8H3,(H,61,68);/b11-10-,14-13-,17-16-,20-19-,23-22-;. The number of allylic oxidation sites excluding steroid dienone is 10. The number of carbonyl (C=O) groups is 5. The number of alkyl carbamates (subject to hydrolysis) is 1. The second kappa shape index (κ2) is 26.9. The Hall–Kier alpha value is -4.53. The van der Waals surface area contributed by atoms with Crippen LogP contribution in [0.2, 0.25) is 0 Å². The van der Waals surface area contributed by atoms with Crippen molar-refractivity contribution in [1.29, 1.82) is 0 Å². The van der Waals surface area contributed by atoms with Crippen molar-refractivity contribution >= 4 is 29.8 Å². The quantitative estimate of drug-likeness (QED) is 0.0475. The molecule has 4 aliphatic rings. The molecule has 2 bridgehead atoms. The van der Waals surface area contributed by atoms with Gasteiger partial charge < -0.3 is 49.4 Å². The molecule has 16 heteroatoms. The summed E-state index contributed by atoms with van der Waals surface area (Å²) in [5.74, 6) is -5.38. The Balaban J connectivity index is 0.0000107. The topological polar surface area (TPSA) is 224 Å². The second-order valence-corrected chi connectivity index (χ2v) is 21.7. The predicted molar refractivity (Wildman–Crippen MR) is 282 cm³/mol. The molecule has 11 unspecified atom stereocenters. The summed E-state index contributed by atoms with van der Waals surface area (Å²) < 4.78 is 30.0. The Bertz CT molecular complexity index is 2530. The van der Waals surface area contributed by atoms with E-state index >= 15 is 9.59 Å². The predicted octanol–water partition coefficient (Wildman–Crippen LogP) is 8.77. The summed E-state index contributed by atoms with van der Waals surface area (Å²) in [5.41, 5.74) is -8.45. The number of ketones is 1. The van der Waals surface area contributed by atoms with Gasteiger partial charge >= 0.3 is 24.0 Å². The first-order chi connectivity index (χ1) is 35.5. The molecule has 3 aliphatic carbocycles. The number of hydrogen-bond donors (Lipinski definition) is 5. The number of fused-ring (bicyclic) bond motifs is 5. The van der Waals surface area contributed by atoms with Crippen LogP contribution < -0.4 is 5.32 Å². The second-order valence-electron chi connectivity index (χ2n) is 21.7. The molecule has 1 saturated heterocycles. The molecule has 5 N–H and O–H groups in total. The zero-order valence-corrected chi connectivity index (χ0v) is 49.9. The van der Waals surface area contributed by atoms with Crippen LogP contribution in [0, 0.1) is 60.8 Å². The molecule has 3 fully saturated rings. The fourth-order valence-corrected chi connectivity index (χ4v) is 11.0. The molecule has 6 rings (SSSR count). The van der Waals surface area contributed by atoms with Crippen molar-refractivity contribution in [3.8, 4) is 0 Å². The van der Waals surface area contributed by atoms with E-state index in [1.807, 2.05) is 18.2 Å². The van der Waals surface area contributed by atoms with E-state index in [9.17, 15) is 34.8 Å². The van der Waals surface area contributed by atoms with E-state index in [-0.39, 0.29) is 86.6 Å². The summed E-state index contributed by atoms with van der Waals surface area (Å²) >= 11 is 0. The zero-order chi connectivity index (χ0) is 54.8. The summed E-state index contributed by atoms with van der Waals surface area (Å²) in [6.45, 7) is 12.8. The summed E-state index contributed by atoms with van der Waals surface area (Å²) in [6.07, 6.45) is 13.4. The molecule has 0 spiro atoms. The maximum Gasteiger partial charge on any atom is 0.408 e. The van der Waals surface area contributed by atoms with Crippen LogP contribution in [0.4, 0.5) is 4.79 Å². The molecule has 409 valence electrons. The van der Waals surface area contributed by atoms with Crippen LogP contribution in [0.15, 0.2) is 133 Å². The number of benzene rings is 2. The number of esters is 3. The molecule has 1 heterocycles. The van der Waals surface area contributed by atoms with Gasteiger partial charge in [-0.2, -0.15) is 0 Å². The molecule has 1 aliphatic heterocycles. The molecule has 15 nitrogen and oxygen atoms in total. The zero-order valence-electron chi connectivity index (χ0n) is 45.2. The number of aliphatic hydroxyl groups excluding tert-OH is 2. The third kappa shape index (κ3) is 14.0. The average Bonchev–Trinajstić information content (AvgIpc) is 3.38. The first-order valence-corrected chi connectivity index (χ1v) is 26.1. The van der Waals surface area contributed by atoms with Crippen LogP contribution in [-0.2, 0) is 38.1 Å². The van der Waals surface area contributed by atoms with Gasteiger partial charge in [-0.3, -0.25) is 9.59 Å². The van der Waals surface area contributed by atoms with Gasteiger partial charge in [0.1, 0.15) is 41.2 Å². The van der Waals surface area contributed by atoms with Gasteiger partial charge in [0.15, 0.2) is 5.78 Å². The Morgan fingerprint density at radius 3 is 1.91 bits per heavy atom. The van der Waals surface area contributed by atoms with Crippen LogP contribution in [0.5, 0.6) is 0 Å². The van der Waals surface area contributed by atoms with Crippen molar-refractivity contribution in [2.75, 3.05) is 6.61 Å². The Morgan fingerprint density at radius 2 is 1.37 bits per heavy atom. The third-order valence-electron chi connectivity index (χ3n) is 15.2. The van der Waals surface area contributed by atoms with E-state index in [4.69, 9.17) is 23.7 Å². The number of rotatable bonds is 20. The summed E-state index contributed by atoms with van der Waals surface area (Å²) in [7, 11) is 0. The van der Waals surface area contributed by atoms with E-state index in [1.54, 1.807) is 83.1 Å². The van der Waals surface area contributed by atoms with Gasteiger partial charge in [0.05, 0.1) is 29.8 Å². The van der Waals surface area contributed by atoms with Gasteiger partial charge in [-0.05, 0) is 102 Å². The van der Waals surface area contributed by atoms with Crippen LogP contribution in [0.1, 0.15) is 135 Å². The van der Waals surface area contributed by atoms with Crippen LogP contribution in [-0.4, -0.2) is 110 Å². The van der Waals surface area contributed by atoms with Gasteiger partial charge in [-0.1, -0.05) is 130 Å². The Morgan fingerprint density at radius 1 is 0.816 bits per heavy atom. The number of aliphatic hydroxyl groups is 4. The average molecular weight is 1260 g/mol. The van der Waals surface area contributed by atoms with Crippen molar-refractivity contribution in [3.05, 3.63) is 144 Å². The van der Waals surface area contributed by atoms with Crippen molar-refractivity contribution in [3.63, 3.8) is 0 Å². The smallest absolute Gasteiger partial charge is 0.408 e. The maximum absolute atomic E-state index is 15.1. The molecular formula is C60H77AcNO14. The van der Waals surface area contributed by atoms with Crippen molar-refractivity contribution in [2.45, 2.75) is 173 Å². The number of nitrogens with one attached hydrogen (secondary N) is 1. The van der Waals surface area contributed by atoms with E-state index in [2.05, 4.69) is 54.8 Å². The normalized spacial score (nSPS) is 28.9. The number of amides is 1. The number of Topliss-reactive ketones (excluding diaryl/α,β-unsaturated/α-hetero) is 1. The van der Waals surface area contributed by atoms with Gasteiger partial charge in [-0.15, -0.1) is 0 Å². The third-order valence-corrected chi connectivity index (χ3v) is 15.2. The molecule has 1 amide bonds. The summed E-state index contributed by atoms with van der Waals surface area (Å²) in [5, 5.41) is 53.0. The van der Waals surface area contributed by atoms with Crippen LogP contribution in [0.3, 0.4) is 0 Å². The minimum absolute atomic E-state index is 0. The monoisotopic (exact) mass is 1260 g/mol. The first-order valence-electron chi connectivity index (χ1n) is 26.1. The summed E-state index contributed by atoms with van der Waals surface area (Å²) in [6, 6.07) is 14.8. The number of ether oxygens (including phenoxy) is 5. The largest absolute Gasteiger partial charge is 0.455 e. The van der Waals surface area contributed by atoms with Crippen molar-refractivity contribution in [1.82, 2.24) is 5.32 Å². The van der Waals surface area contributed by atoms with E-state index in [0.29, 0.717) is 12.0 Å². The molecule has 2 aromatic carbocycles. The molecule has 2 aromatic rings. The van der Waals surface area contributed by atoms with Crippen LogP contribution in [0.25, 0.3) is 0 Å². The van der Waals surface area contributed by atoms with Crippen molar-refractivity contribution < 1.29 is 112 Å². The van der Waals surface area contributed by atoms with E-state index < -0.39 is 112 Å². The minimum atomic E-state index is -2.38.